The van der Waals surface area contributed by atoms with Gasteiger partial charge in [-0.15, -0.1) is 11.8 Å². The van der Waals surface area contributed by atoms with Crippen molar-refractivity contribution in [1.82, 2.24) is 0 Å². The van der Waals surface area contributed by atoms with Crippen LogP contribution < -0.4 is 0 Å². The van der Waals surface area contributed by atoms with E-state index in [2.05, 4.69) is 0 Å². The molecular formula is C16H16F2O2S2. The van der Waals surface area contributed by atoms with Crippen LogP contribution in [0.1, 0.15) is 16.4 Å². The first kappa shape index (κ1) is 17.0. The average molecular weight is 342 g/mol. The van der Waals surface area contributed by atoms with E-state index < -0.39 is 9.84 Å². The van der Waals surface area contributed by atoms with E-state index in [0.29, 0.717) is 5.75 Å². The van der Waals surface area contributed by atoms with Gasteiger partial charge in [0, 0.05) is 12.0 Å². The van der Waals surface area contributed by atoms with E-state index in [4.69, 9.17) is 0 Å². The summed E-state index contributed by atoms with van der Waals surface area (Å²) < 4.78 is 48.7. The lowest BCUT2D eigenvalue weighted by molar-refractivity contribution is 0.603. The Hall–Kier alpha value is -1.40. The molecule has 0 radical (unpaired) electrons. The zero-order valence-corrected chi connectivity index (χ0v) is 13.6. The van der Waals surface area contributed by atoms with Gasteiger partial charge in [0.15, 0.2) is 0 Å². The number of thioether (sulfide) groups is 1. The van der Waals surface area contributed by atoms with Crippen LogP contribution >= 0.6 is 11.8 Å². The van der Waals surface area contributed by atoms with E-state index in [-0.39, 0.29) is 22.6 Å². The molecule has 2 nitrogen and oxygen atoms in total. The van der Waals surface area contributed by atoms with E-state index in [1.807, 2.05) is 0 Å². The van der Waals surface area contributed by atoms with Gasteiger partial charge in [0.05, 0.1) is 11.0 Å². The summed E-state index contributed by atoms with van der Waals surface area (Å²) in [6, 6.07) is 12.1. The summed E-state index contributed by atoms with van der Waals surface area (Å²) in [5, 5.41) is -0.164. The maximum absolute atomic E-state index is 13.1. The lowest BCUT2D eigenvalue weighted by Crippen LogP contribution is -2.07. The molecule has 118 valence electrons. The molecule has 0 saturated carbocycles. The van der Waals surface area contributed by atoms with E-state index in [9.17, 15) is 17.2 Å². The summed E-state index contributed by atoms with van der Waals surface area (Å²) in [5.41, 5.74) is 1.71. The van der Waals surface area contributed by atoms with Gasteiger partial charge in [0.2, 0.25) is 0 Å². The van der Waals surface area contributed by atoms with Crippen LogP contribution in [-0.2, 0) is 9.84 Å². The van der Waals surface area contributed by atoms with Gasteiger partial charge in [-0.2, -0.15) is 0 Å². The van der Waals surface area contributed by atoms with E-state index in [0.717, 1.165) is 11.1 Å². The molecule has 0 aliphatic carbocycles. The third kappa shape index (κ3) is 5.10. The third-order valence-electron chi connectivity index (χ3n) is 3.08. The number of rotatable bonds is 6. The molecule has 2 rings (SSSR count). The Balaban J connectivity index is 2.23. The number of benzene rings is 2. The van der Waals surface area contributed by atoms with Crippen LogP contribution in [0.25, 0.3) is 0 Å². The number of hydrogen-bond acceptors (Lipinski definition) is 3. The molecule has 6 heteroatoms. The fourth-order valence-corrected chi connectivity index (χ4v) is 4.51. The Kier molecular flexibility index (Phi) is 5.58. The molecule has 0 atom stereocenters. The van der Waals surface area contributed by atoms with Crippen LogP contribution in [0.4, 0.5) is 8.78 Å². The predicted molar refractivity (Wildman–Crippen MR) is 86.8 cm³/mol. The number of hydrogen-bond donors (Lipinski definition) is 0. The van der Waals surface area contributed by atoms with Crippen molar-refractivity contribution in [1.29, 1.82) is 0 Å². The van der Waals surface area contributed by atoms with Gasteiger partial charge >= 0.3 is 0 Å². The van der Waals surface area contributed by atoms with Gasteiger partial charge in [-0.1, -0.05) is 24.3 Å². The minimum atomic E-state index is -3.04. The lowest BCUT2D eigenvalue weighted by atomic mass is 10.0. The first-order valence-corrected chi connectivity index (χ1v) is 9.76. The summed E-state index contributed by atoms with van der Waals surface area (Å²) in [4.78, 5) is 0. The molecule has 0 unspecified atom stereocenters. The lowest BCUT2D eigenvalue weighted by Gasteiger charge is -2.17. The van der Waals surface area contributed by atoms with E-state index >= 15 is 0 Å². The van der Waals surface area contributed by atoms with Crippen LogP contribution in [0.15, 0.2) is 48.5 Å². The summed E-state index contributed by atoms with van der Waals surface area (Å²) >= 11 is 1.44. The molecule has 2 aromatic rings. The zero-order chi connectivity index (χ0) is 16.2. The molecule has 0 amide bonds. The fourth-order valence-electron chi connectivity index (χ4n) is 1.98. The van der Waals surface area contributed by atoms with Gasteiger partial charge < -0.3 is 0 Å². The quantitative estimate of drug-likeness (QED) is 0.800. The summed E-state index contributed by atoms with van der Waals surface area (Å²) in [6.45, 7) is 0. The minimum Gasteiger partial charge on any atom is -0.229 e. The molecule has 0 heterocycles. The minimum absolute atomic E-state index is 0.0660. The summed E-state index contributed by atoms with van der Waals surface area (Å²) in [7, 11) is -3.04. The van der Waals surface area contributed by atoms with Crippen LogP contribution in [0.5, 0.6) is 0 Å². The molecule has 0 aliphatic heterocycles. The second-order valence-corrected chi connectivity index (χ2v) is 8.46. The highest BCUT2D eigenvalue weighted by Crippen LogP contribution is 2.35. The van der Waals surface area contributed by atoms with Crippen molar-refractivity contribution in [3.8, 4) is 0 Å². The highest BCUT2D eigenvalue weighted by molar-refractivity contribution is 8.01. The molecule has 0 saturated heterocycles. The van der Waals surface area contributed by atoms with Crippen LogP contribution in [-0.4, -0.2) is 26.2 Å². The molecule has 0 spiro atoms. The van der Waals surface area contributed by atoms with E-state index in [1.54, 1.807) is 24.3 Å². The fraction of sp³-hybridized carbons (Fsp3) is 0.250. The average Bonchev–Trinajstić information content (AvgIpc) is 2.45. The van der Waals surface area contributed by atoms with Crippen LogP contribution in [0.2, 0.25) is 0 Å². The number of sulfone groups is 1. The highest BCUT2D eigenvalue weighted by Gasteiger charge is 2.16. The molecule has 0 aliphatic rings. The molecular weight excluding hydrogens is 326 g/mol. The normalized spacial score (nSPS) is 11.8. The van der Waals surface area contributed by atoms with Gasteiger partial charge in [0.1, 0.15) is 21.5 Å². The molecule has 0 aromatic heterocycles. The first-order chi connectivity index (χ1) is 10.3. The van der Waals surface area contributed by atoms with Crippen molar-refractivity contribution in [2.45, 2.75) is 5.25 Å². The predicted octanol–water partition coefficient (Wildman–Crippen LogP) is 3.83. The molecule has 0 N–H and O–H groups in total. The van der Waals surface area contributed by atoms with Gasteiger partial charge in [-0.05, 0) is 35.4 Å². The van der Waals surface area contributed by atoms with Crippen molar-refractivity contribution < 1.29 is 17.2 Å². The Morgan fingerprint density at radius 2 is 1.32 bits per heavy atom. The molecule has 2 aromatic carbocycles. The second kappa shape index (κ2) is 7.24. The molecule has 0 fully saturated rings. The van der Waals surface area contributed by atoms with Gasteiger partial charge in [0.25, 0.3) is 0 Å². The zero-order valence-electron chi connectivity index (χ0n) is 12.0. The Morgan fingerprint density at radius 1 is 0.909 bits per heavy atom. The Morgan fingerprint density at radius 3 is 1.68 bits per heavy atom. The largest absolute Gasteiger partial charge is 0.229 e. The van der Waals surface area contributed by atoms with Crippen molar-refractivity contribution in [2.75, 3.05) is 17.8 Å². The van der Waals surface area contributed by atoms with Crippen LogP contribution in [0.3, 0.4) is 0 Å². The second-order valence-electron chi connectivity index (χ2n) is 4.98. The SMILES string of the molecule is CS(=O)(=O)CCSC(c1ccc(F)cc1)c1ccc(F)cc1. The van der Waals surface area contributed by atoms with Gasteiger partial charge in [-0.3, -0.25) is 0 Å². The Bertz CT molecular complexity index is 665. The Labute approximate surface area is 133 Å². The molecule has 0 bridgehead atoms. The van der Waals surface area contributed by atoms with Crippen molar-refractivity contribution in [3.05, 3.63) is 71.3 Å². The topological polar surface area (TPSA) is 34.1 Å². The maximum atomic E-state index is 13.1. The van der Waals surface area contributed by atoms with Gasteiger partial charge in [-0.25, -0.2) is 17.2 Å². The van der Waals surface area contributed by atoms with Crippen molar-refractivity contribution >= 4 is 21.6 Å². The maximum Gasteiger partial charge on any atom is 0.148 e. The van der Waals surface area contributed by atoms with Crippen molar-refractivity contribution in [3.63, 3.8) is 0 Å². The number of halogens is 2. The molecule has 22 heavy (non-hydrogen) atoms. The highest BCUT2D eigenvalue weighted by atomic mass is 32.2. The smallest absolute Gasteiger partial charge is 0.148 e. The van der Waals surface area contributed by atoms with Crippen LogP contribution in [0, 0.1) is 11.6 Å². The monoisotopic (exact) mass is 342 g/mol. The summed E-state index contributed by atoms with van der Waals surface area (Å²) in [5.74, 6) is -0.181. The standard InChI is InChI=1S/C16H16F2O2S2/c1-22(19,20)11-10-21-16(12-2-6-14(17)7-3-12)13-4-8-15(18)9-5-13/h2-9,16H,10-11H2,1H3. The van der Waals surface area contributed by atoms with Crippen molar-refractivity contribution in [2.24, 2.45) is 0 Å². The third-order valence-corrected chi connectivity index (χ3v) is 5.61. The van der Waals surface area contributed by atoms with E-state index in [1.165, 1.54) is 42.3 Å². The first-order valence-electron chi connectivity index (χ1n) is 6.65. The summed E-state index contributed by atoms with van der Waals surface area (Å²) in [6.07, 6.45) is 1.19.